The number of furan rings is 1. The number of nitrogens with zero attached hydrogens (tertiary/aromatic N) is 4. The maximum absolute atomic E-state index is 12.9. The van der Waals surface area contributed by atoms with Gasteiger partial charge in [0.2, 0.25) is 0 Å². The number of carbonyl (C=O) groups is 1. The van der Waals surface area contributed by atoms with E-state index < -0.39 is 0 Å². The van der Waals surface area contributed by atoms with E-state index in [2.05, 4.69) is 22.6 Å². The molecule has 7 heteroatoms. The molecule has 0 spiro atoms. The zero-order valence-electron chi connectivity index (χ0n) is 16.9. The second-order valence-electron chi connectivity index (χ2n) is 7.52. The van der Waals surface area contributed by atoms with Gasteiger partial charge in [-0.3, -0.25) is 14.5 Å². The predicted octanol–water partition coefficient (Wildman–Crippen LogP) is 4.12. The number of pyridine rings is 1. The van der Waals surface area contributed by atoms with Crippen LogP contribution in [0.4, 0.5) is 5.69 Å². The zero-order chi connectivity index (χ0) is 21.4. The molecule has 0 aliphatic heterocycles. The van der Waals surface area contributed by atoms with Gasteiger partial charge in [0.25, 0.3) is 5.91 Å². The average molecular weight is 409 g/mol. The van der Waals surface area contributed by atoms with Gasteiger partial charge >= 0.3 is 0 Å². The van der Waals surface area contributed by atoms with Crippen LogP contribution >= 0.6 is 0 Å². The zero-order valence-corrected chi connectivity index (χ0v) is 16.9. The Morgan fingerprint density at radius 3 is 2.81 bits per heavy atom. The molecule has 0 unspecified atom stereocenters. The van der Waals surface area contributed by atoms with Crippen molar-refractivity contribution in [1.29, 1.82) is 5.26 Å². The molecule has 3 aromatic heterocycles. The Labute approximate surface area is 179 Å². The Balaban J connectivity index is 1.43. The highest BCUT2D eigenvalue weighted by molar-refractivity contribution is 6.04. The summed E-state index contributed by atoms with van der Waals surface area (Å²) in [5.74, 6) is 0.769. The molecule has 3 heterocycles. The number of aryl methyl sites for hydroxylation is 2. The maximum atomic E-state index is 12.9. The number of amides is 1. The largest absolute Gasteiger partial charge is 0.455 e. The summed E-state index contributed by atoms with van der Waals surface area (Å²) in [6.45, 7) is 2.48. The molecule has 1 N–H and O–H groups in total. The first-order valence-electron chi connectivity index (χ1n) is 10.0. The van der Waals surface area contributed by atoms with E-state index >= 15 is 0 Å². The summed E-state index contributed by atoms with van der Waals surface area (Å²) in [6.07, 6.45) is 5.36. The fourth-order valence-corrected chi connectivity index (χ4v) is 3.93. The minimum atomic E-state index is -0.314. The maximum Gasteiger partial charge on any atom is 0.291 e. The Morgan fingerprint density at radius 1 is 1.23 bits per heavy atom. The number of hydrogen-bond acceptors (Lipinski definition) is 5. The number of anilines is 1. The minimum absolute atomic E-state index is 0.293. The van der Waals surface area contributed by atoms with Crippen molar-refractivity contribution in [2.45, 2.75) is 26.3 Å². The number of carbonyl (C=O) groups excluding carboxylic acids is 1. The molecule has 0 bridgehead atoms. The van der Waals surface area contributed by atoms with Crippen LogP contribution in [0.1, 0.15) is 38.7 Å². The topological polar surface area (TPSA) is 96.7 Å². The molecule has 0 fully saturated rings. The molecule has 1 aliphatic rings. The monoisotopic (exact) mass is 409 g/mol. The molecule has 1 aliphatic carbocycles. The molecule has 152 valence electrons. The third-order valence-electron chi connectivity index (χ3n) is 5.44. The molecule has 0 atom stereocenters. The molecule has 0 radical (unpaired) electrons. The number of benzene rings is 1. The van der Waals surface area contributed by atoms with Gasteiger partial charge in [0.15, 0.2) is 5.76 Å². The Kier molecular flexibility index (Phi) is 4.60. The first-order valence-corrected chi connectivity index (χ1v) is 10.0. The Bertz CT molecular complexity index is 1310. The van der Waals surface area contributed by atoms with E-state index in [1.807, 2.05) is 29.8 Å². The Morgan fingerprint density at radius 2 is 2.06 bits per heavy atom. The molecular weight excluding hydrogens is 390 g/mol. The van der Waals surface area contributed by atoms with E-state index in [1.54, 1.807) is 30.5 Å². The van der Waals surface area contributed by atoms with Crippen LogP contribution in [0.2, 0.25) is 0 Å². The summed E-state index contributed by atoms with van der Waals surface area (Å²) in [5, 5.41) is 16.5. The van der Waals surface area contributed by atoms with Crippen LogP contribution in [-0.2, 0) is 19.4 Å². The number of fused-ring (bicyclic) bond motifs is 3. The number of hydrogen-bond donors (Lipinski definition) is 1. The highest BCUT2D eigenvalue weighted by Crippen LogP contribution is 2.38. The van der Waals surface area contributed by atoms with Gasteiger partial charge in [-0.05, 0) is 55.3 Å². The van der Waals surface area contributed by atoms with Crippen molar-refractivity contribution < 1.29 is 9.21 Å². The van der Waals surface area contributed by atoms with Gasteiger partial charge in [0, 0.05) is 35.6 Å². The lowest BCUT2D eigenvalue weighted by atomic mass is 9.93. The fourth-order valence-electron chi connectivity index (χ4n) is 3.93. The van der Waals surface area contributed by atoms with Gasteiger partial charge in [0.1, 0.15) is 5.76 Å². The van der Waals surface area contributed by atoms with Crippen molar-refractivity contribution in [3.05, 3.63) is 88.8 Å². The smallest absolute Gasteiger partial charge is 0.291 e. The first-order chi connectivity index (χ1) is 15.1. The predicted molar refractivity (Wildman–Crippen MR) is 115 cm³/mol. The van der Waals surface area contributed by atoms with Crippen molar-refractivity contribution in [3.63, 3.8) is 0 Å². The van der Waals surface area contributed by atoms with Gasteiger partial charge in [-0.1, -0.05) is 6.07 Å². The normalized spacial score (nSPS) is 12.0. The van der Waals surface area contributed by atoms with Crippen LogP contribution in [0, 0.1) is 18.3 Å². The van der Waals surface area contributed by atoms with Gasteiger partial charge < -0.3 is 9.73 Å². The number of nitrogens with one attached hydrogen (secondary N) is 1. The molecular formula is C24H19N5O2. The van der Waals surface area contributed by atoms with Crippen molar-refractivity contribution in [2.75, 3.05) is 5.32 Å². The average Bonchev–Trinajstić information content (AvgIpc) is 3.35. The van der Waals surface area contributed by atoms with Crippen LogP contribution < -0.4 is 5.32 Å². The van der Waals surface area contributed by atoms with Crippen LogP contribution in [0.15, 0.2) is 59.3 Å². The second kappa shape index (κ2) is 7.58. The van der Waals surface area contributed by atoms with Gasteiger partial charge in [0.05, 0.1) is 29.6 Å². The lowest BCUT2D eigenvalue weighted by molar-refractivity contribution is 0.0994. The van der Waals surface area contributed by atoms with Crippen molar-refractivity contribution >= 4 is 11.6 Å². The van der Waals surface area contributed by atoms with Gasteiger partial charge in [-0.15, -0.1) is 0 Å². The van der Waals surface area contributed by atoms with Crippen LogP contribution in [0.25, 0.3) is 11.3 Å². The fraction of sp³-hybridized carbons (Fsp3) is 0.167. The van der Waals surface area contributed by atoms with E-state index in [-0.39, 0.29) is 5.91 Å². The summed E-state index contributed by atoms with van der Waals surface area (Å²) < 4.78 is 7.87. The highest BCUT2D eigenvalue weighted by atomic mass is 16.4. The molecule has 0 saturated heterocycles. The summed E-state index contributed by atoms with van der Waals surface area (Å²) in [4.78, 5) is 17.2. The SMILES string of the molecule is Cc1c(C(=O)Nc2ccc(C#N)cc2)oc2c1-c1nn(Cc3ccccn3)cc1CC2. The second-order valence-corrected chi connectivity index (χ2v) is 7.52. The lowest BCUT2D eigenvalue weighted by Gasteiger charge is -2.09. The van der Waals surface area contributed by atoms with Crippen LogP contribution in [0.5, 0.6) is 0 Å². The Hall–Kier alpha value is -4.18. The molecule has 7 nitrogen and oxygen atoms in total. The highest BCUT2D eigenvalue weighted by Gasteiger charge is 2.29. The molecule has 31 heavy (non-hydrogen) atoms. The summed E-state index contributed by atoms with van der Waals surface area (Å²) >= 11 is 0. The van der Waals surface area contributed by atoms with Gasteiger partial charge in [-0.25, -0.2) is 0 Å². The molecule has 0 saturated carbocycles. The summed E-state index contributed by atoms with van der Waals surface area (Å²) in [6, 6.07) is 14.6. The van der Waals surface area contributed by atoms with Crippen LogP contribution in [0.3, 0.4) is 0 Å². The molecule has 1 amide bonds. The quantitative estimate of drug-likeness (QED) is 0.547. The minimum Gasteiger partial charge on any atom is -0.455 e. The first kappa shape index (κ1) is 18.8. The van der Waals surface area contributed by atoms with E-state index in [4.69, 9.17) is 14.8 Å². The third-order valence-corrected chi connectivity index (χ3v) is 5.44. The van der Waals surface area contributed by atoms with E-state index in [0.29, 0.717) is 23.6 Å². The van der Waals surface area contributed by atoms with E-state index in [9.17, 15) is 4.79 Å². The number of aromatic nitrogens is 3. The third kappa shape index (κ3) is 3.49. The number of rotatable bonds is 4. The van der Waals surface area contributed by atoms with E-state index in [0.717, 1.165) is 46.7 Å². The molecule has 1 aromatic carbocycles. The summed E-state index contributed by atoms with van der Waals surface area (Å²) in [5.41, 5.74) is 5.79. The van der Waals surface area contributed by atoms with Gasteiger partial charge in [-0.2, -0.15) is 10.4 Å². The van der Waals surface area contributed by atoms with Crippen LogP contribution in [-0.4, -0.2) is 20.7 Å². The molecule has 5 rings (SSSR count). The van der Waals surface area contributed by atoms with Crippen molar-refractivity contribution in [2.24, 2.45) is 0 Å². The lowest BCUT2D eigenvalue weighted by Crippen LogP contribution is -2.12. The van der Waals surface area contributed by atoms with E-state index in [1.165, 1.54) is 0 Å². The number of nitriles is 1. The van der Waals surface area contributed by atoms with Crippen molar-refractivity contribution in [1.82, 2.24) is 14.8 Å². The van der Waals surface area contributed by atoms with Crippen molar-refractivity contribution in [3.8, 4) is 17.3 Å². The standard InChI is InChI=1S/C24H19N5O2/c1-15-21-20(31-23(15)24(30)27-18-8-5-16(12-25)6-9-18)10-7-17-13-29(28-22(17)21)14-19-4-2-3-11-26-19/h2-6,8-9,11,13H,7,10,14H2,1H3,(H,27,30). The molecule has 4 aromatic rings. The summed E-state index contributed by atoms with van der Waals surface area (Å²) in [7, 11) is 0.